The van der Waals surface area contributed by atoms with Crippen LogP contribution in [-0.4, -0.2) is 24.3 Å². The molecule has 0 radical (unpaired) electrons. The van der Waals surface area contributed by atoms with Gasteiger partial charge in [0.25, 0.3) is 5.91 Å². The Labute approximate surface area is 166 Å². The highest BCUT2D eigenvalue weighted by Crippen LogP contribution is 2.20. The maximum atomic E-state index is 13.2. The average molecular weight is 407 g/mol. The zero-order valence-electron chi connectivity index (χ0n) is 15.2. The average Bonchev–Trinajstić information content (AvgIpc) is 2.64. The standard InChI is InChI=1S/C19H20ClFN4O3/c1-12-8-13(6-7-15(12)21)10-23-19(27)11-28-25-17(22)9-18(26)24-16-5-3-2-4-14(16)20/h2-8H,9-11H2,1H3,(H2,22,25)(H,23,27)(H,24,26). The summed E-state index contributed by atoms with van der Waals surface area (Å²) in [6.07, 6.45) is -0.221. The lowest BCUT2D eigenvalue weighted by molar-refractivity contribution is -0.125. The number of halogens is 2. The topological polar surface area (TPSA) is 106 Å². The van der Waals surface area contributed by atoms with Gasteiger partial charge in [0.15, 0.2) is 6.61 Å². The second-order valence-corrected chi connectivity index (χ2v) is 6.33. The summed E-state index contributed by atoms with van der Waals surface area (Å²) in [5.41, 5.74) is 7.32. The molecular weight excluding hydrogens is 387 g/mol. The van der Waals surface area contributed by atoms with Crippen molar-refractivity contribution >= 4 is 34.9 Å². The highest BCUT2D eigenvalue weighted by atomic mass is 35.5. The third-order valence-corrected chi connectivity index (χ3v) is 3.91. The number of carbonyl (C=O) groups excluding carboxylic acids is 2. The van der Waals surface area contributed by atoms with E-state index in [1.54, 1.807) is 43.3 Å². The van der Waals surface area contributed by atoms with Gasteiger partial charge in [-0.1, -0.05) is 41.0 Å². The third-order valence-electron chi connectivity index (χ3n) is 3.58. The number of rotatable bonds is 8. The second-order valence-electron chi connectivity index (χ2n) is 5.92. The smallest absolute Gasteiger partial charge is 0.261 e. The molecule has 0 aromatic heterocycles. The first kappa shape index (κ1) is 21.2. The van der Waals surface area contributed by atoms with Crippen molar-refractivity contribution in [2.24, 2.45) is 10.9 Å². The fourth-order valence-electron chi connectivity index (χ4n) is 2.20. The molecule has 0 aliphatic rings. The van der Waals surface area contributed by atoms with E-state index < -0.39 is 11.8 Å². The van der Waals surface area contributed by atoms with Crippen molar-refractivity contribution < 1.29 is 18.8 Å². The summed E-state index contributed by atoms with van der Waals surface area (Å²) >= 11 is 5.95. The SMILES string of the molecule is Cc1cc(CNC(=O)CO/N=C(/N)CC(=O)Nc2ccccc2Cl)ccc1F. The molecule has 0 unspecified atom stereocenters. The largest absolute Gasteiger partial charge is 0.384 e. The number of para-hydroxylation sites is 1. The lowest BCUT2D eigenvalue weighted by Crippen LogP contribution is -2.27. The zero-order valence-corrected chi connectivity index (χ0v) is 15.9. The van der Waals surface area contributed by atoms with E-state index in [-0.39, 0.29) is 31.2 Å². The molecular formula is C19H20ClFN4O3. The highest BCUT2D eigenvalue weighted by molar-refractivity contribution is 6.33. The molecule has 4 N–H and O–H groups in total. The molecule has 28 heavy (non-hydrogen) atoms. The Bertz CT molecular complexity index is 889. The van der Waals surface area contributed by atoms with Crippen molar-refractivity contribution in [3.8, 4) is 0 Å². The van der Waals surface area contributed by atoms with E-state index in [0.29, 0.717) is 16.3 Å². The summed E-state index contributed by atoms with van der Waals surface area (Å²) in [6, 6.07) is 11.3. The Balaban J connectivity index is 1.72. The molecule has 2 amide bonds. The molecule has 0 spiro atoms. The zero-order chi connectivity index (χ0) is 20.5. The van der Waals surface area contributed by atoms with Gasteiger partial charge in [-0.05, 0) is 36.2 Å². The summed E-state index contributed by atoms with van der Waals surface area (Å²) in [5, 5.41) is 9.14. The van der Waals surface area contributed by atoms with Crippen LogP contribution >= 0.6 is 11.6 Å². The molecule has 9 heteroatoms. The molecule has 2 aromatic rings. The Morgan fingerprint density at radius 1 is 1.21 bits per heavy atom. The number of aryl methyl sites for hydroxylation is 1. The van der Waals surface area contributed by atoms with Crippen molar-refractivity contribution in [3.05, 3.63) is 64.4 Å². The monoisotopic (exact) mass is 406 g/mol. The minimum atomic E-state index is -0.431. The van der Waals surface area contributed by atoms with Crippen LogP contribution in [0.5, 0.6) is 0 Å². The third kappa shape index (κ3) is 6.88. The summed E-state index contributed by atoms with van der Waals surface area (Å²) in [4.78, 5) is 28.5. The van der Waals surface area contributed by atoms with Crippen LogP contribution in [-0.2, 0) is 21.0 Å². The molecule has 148 valence electrons. The quantitative estimate of drug-likeness (QED) is 0.356. The first-order valence-electron chi connectivity index (χ1n) is 8.35. The molecule has 0 atom stereocenters. The minimum Gasteiger partial charge on any atom is -0.384 e. The normalized spacial score (nSPS) is 11.0. The van der Waals surface area contributed by atoms with Gasteiger partial charge in [-0.15, -0.1) is 0 Å². The fourth-order valence-corrected chi connectivity index (χ4v) is 2.38. The Morgan fingerprint density at radius 3 is 2.68 bits per heavy atom. The van der Waals surface area contributed by atoms with Crippen LogP contribution in [0, 0.1) is 12.7 Å². The predicted octanol–water partition coefficient (Wildman–Crippen LogP) is 2.72. The van der Waals surface area contributed by atoms with E-state index in [0.717, 1.165) is 5.56 Å². The summed E-state index contributed by atoms with van der Waals surface area (Å²) < 4.78 is 13.2. The van der Waals surface area contributed by atoms with Gasteiger partial charge in [-0.3, -0.25) is 9.59 Å². The maximum absolute atomic E-state index is 13.2. The van der Waals surface area contributed by atoms with Crippen molar-refractivity contribution in [2.75, 3.05) is 11.9 Å². The predicted molar refractivity (Wildman–Crippen MR) is 105 cm³/mol. The van der Waals surface area contributed by atoms with Gasteiger partial charge in [0.1, 0.15) is 11.7 Å². The maximum Gasteiger partial charge on any atom is 0.261 e. The summed E-state index contributed by atoms with van der Waals surface area (Å²) in [6.45, 7) is 1.50. The van der Waals surface area contributed by atoms with Crippen LogP contribution in [0.1, 0.15) is 17.5 Å². The van der Waals surface area contributed by atoms with Crippen molar-refractivity contribution in [3.63, 3.8) is 0 Å². The number of oxime groups is 1. The summed E-state index contributed by atoms with van der Waals surface area (Å²) in [7, 11) is 0. The van der Waals surface area contributed by atoms with Gasteiger partial charge in [0, 0.05) is 6.54 Å². The molecule has 7 nitrogen and oxygen atoms in total. The number of carbonyl (C=O) groups is 2. The van der Waals surface area contributed by atoms with E-state index in [2.05, 4.69) is 15.8 Å². The van der Waals surface area contributed by atoms with Gasteiger partial charge in [0.2, 0.25) is 5.91 Å². The molecule has 2 aromatic carbocycles. The minimum absolute atomic E-state index is 0.0912. The van der Waals surface area contributed by atoms with Gasteiger partial charge >= 0.3 is 0 Å². The number of hydrogen-bond acceptors (Lipinski definition) is 4. The van der Waals surface area contributed by atoms with Crippen LogP contribution < -0.4 is 16.4 Å². The van der Waals surface area contributed by atoms with Gasteiger partial charge in [-0.2, -0.15) is 0 Å². The number of nitrogens with one attached hydrogen (secondary N) is 2. The van der Waals surface area contributed by atoms with Crippen LogP contribution in [0.4, 0.5) is 10.1 Å². The van der Waals surface area contributed by atoms with E-state index >= 15 is 0 Å². The van der Waals surface area contributed by atoms with Crippen molar-refractivity contribution in [1.29, 1.82) is 0 Å². The molecule has 0 bridgehead atoms. The number of amides is 2. The molecule has 2 rings (SSSR count). The molecule has 0 aliphatic carbocycles. The highest BCUT2D eigenvalue weighted by Gasteiger charge is 2.09. The lowest BCUT2D eigenvalue weighted by atomic mass is 10.1. The lowest BCUT2D eigenvalue weighted by Gasteiger charge is -2.07. The first-order valence-corrected chi connectivity index (χ1v) is 8.73. The number of benzene rings is 2. The number of hydrogen-bond donors (Lipinski definition) is 3. The molecule has 0 saturated carbocycles. The number of nitrogens with two attached hydrogens (primary N) is 1. The molecule has 0 saturated heterocycles. The Morgan fingerprint density at radius 2 is 1.96 bits per heavy atom. The Kier molecular flexibility index (Phi) is 7.76. The number of amidine groups is 1. The Hall–Kier alpha value is -3.13. The molecule has 0 heterocycles. The van der Waals surface area contributed by atoms with Crippen molar-refractivity contribution in [1.82, 2.24) is 5.32 Å². The second kappa shape index (κ2) is 10.3. The molecule has 0 aliphatic heterocycles. The van der Waals surface area contributed by atoms with Crippen LogP contribution in [0.15, 0.2) is 47.6 Å². The van der Waals surface area contributed by atoms with E-state index in [1.165, 1.54) is 6.07 Å². The van der Waals surface area contributed by atoms with E-state index in [9.17, 15) is 14.0 Å². The summed E-state index contributed by atoms with van der Waals surface area (Å²) in [5.74, 6) is -1.25. The van der Waals surface area contributed by atoms with E-state index in [1.807, 2.05) is 0 Å². The number of nitrogens with zero attached hydrogens (tertiary/aromatic N) is 1. The van der Waals surface area contributed by atoms with Crippen molar-refractivity contribution in [2.45, 2.75) is 19.9 Å². The van der Waals surface area contributed by atoms with Gasteiger partial charge < -0.3 is 21.2 Å². The van der Waals surface area contributed by atoms with Crippen LogP contribution in [0.2, 0.25) is 5.02 Å². The van der Waals surface area contributed by atoms with E-state index in [4.69, 9.17) is 22.2 Å². The first-order chi connectivity index (χ1) is 13.3. The van der Waals surface area contributed by atoms with Crippen LogP contribution in [0.25, 0.3) is 0 Å². The molecule has 0 fully saturated rings. The van der Waals surface area contributed by atoms with Crippen LogP contribution in [0.3, 0.4) is 0 Å². The number of anilines is 1. The van der Waals surface area contributed by atoms with Gasteiger partial charge in [-0.25, -0.2) is 4.39 Å². The van der Waals surface area contributed by atoms with Gasteiger partial charge in [0.05, 0.1) is 17.1 Å². The fraction of sp³-hybridized carbons (Fsp3) is 0.211.